The van der Waals surface area contributed by atoms with Gasteiger partial charge in [-0.1, -0.05) is 36.4 Å². The number of amidine groups is 1. The number of hydrogen-bond donors (Lipinski definition) is 2. The van der Waals surface area contributed by atoms with Crippen LogP contribution in [0.25, 0.3) is 10.8 Å². The number of benzene rings is 2. The van der Waals surface area contributed by atoms with Crippen LogP contribution in [0.4, 0.5) is 0 Å². The van der Waals surface area contributed by atoms with Gasteiger partial charge in [0.05, 0.1) is 5.56 Å². The van der Waals surface area contributed by atoms with Gasteiger partial charge in [0.2, 0.25) is 5.88 Å². The van der Waals surface area contributed by atoms with E-state index in [2.05, 4.69) is 4.98 Å². The van der Waals surface area contributed by atoms with Gasteiger partial charge in [0.25, 0.3) is 0 Å². The molecule has 3 N–H and O–H groups in total. The number of pyridine rings is 1. The molecular formula is C17H15N3O. The molecule has 1 aromatic heterocycles. The second-order valence-corrected chi connectivity index (χ2v) is 4.80. The van der Waals surface area contributed by atoms with Crippen LogP contribution in [0.1, 0.15) is 11.3 Å². The number of nitrogens with one attached hydrogen (secondary N) is 1. The molecule has 3 rings (SSSR count). The minimum Gasteiger partial charge on any atom is -0.438 e. The average molecular weight is 277 g/mol. The summed E-state index contributed by atoms with van der Waals surface area (Å²) in [6, 6.07) is 17.4. The molecule has 1 heterocycles. The molecule has 0 unspecified atom stereocenters. The molecule has 0 saturated carbocycles. The lowest BCUT2D eigenvalue weighted by molar-refractivity contribution is 0.465. The summed E-state index contributed by atoms with van der Waals surface area (Å²) in [5.74, 6) is 1.00. The number of aromatic nitrogens is 1. The maximum atomic E-state index is 7.63. The number of fused-ring (bicyclic) bond motifs is 1. The fraction of sp³-hybridized carbons (Fsp3) is 0.0588. The summed E-state index contributed by atoms with van der Waals surface area (Å²) in [6.45, 7) is 1.87. The molecule has 0 fully saturated rings. The molecule has 4 heteroatoms. The lowest BCUT2D eigenvalue weighted by Gasteiger charge is -2.11. The van der Waals surface area contributed by atoms with E-state index in [4.69, 9.17) is 15.9 Å². The first-order valence-electron chi connectivity index (χ1n) is 6.63. The van der Waals surface area contributed by atoms with Gasteiger partial charge in [-0.25, -0.2) is 4.98 Å². The first-order valence-corrected chi connectivity index (χ1v) is 6.63. The molecule has 3 aromatic rings. The number of nitrogen functional groups attached to an aromatic ring is 1. The van der Waals surface area contributed by atoms with E-state index >= 15 is 0 Å². The predicted molar refractivity (Wildman–Crippen MR) is 84.0 cm³/mol. The largest absolute Gasteiger partial charge is 0.438 e. The Labute approximate surface area is 122 Å². The molecule has 0 aliphatic heterocycles. The number of nitrogens with zero attached hydrogens (tertiary/aromatic N) is 1. The van der Waals surface area contributed by atoms with Crippen LogP contribution in [-0.4, -0.2) is 10.8 Å². The van der Waals surface area contributed by atoms with Crippen LogP contribution >= 0.6 is 0 Å². The van der Waals surface area contributed by atoms with Gasteiger partial charge in [0.1, 0.15) is 11.6 Å². The molecule has 0 amide bonds. The zero-order valence-corrected chi connectivity index (χ0v) is 11.6. The summed E-state index contributed by atoms with van der Waals surface area (Å²) >= 11 is 0. The van der Waals surface area contributed by atoms with E-state index in [9.17, 15) is 0 Å². The lowest BCUT2D eigenvalue weighted by atomic mass is 10.1. The van der Waals surface area contributed by atoms with E-state index in [1.807, 2.05) is 55.5 Å². The molecule has 0 aliphatic rings. The Hall–Kier alpha value is -2.88. The standard InChI is InChI=1S/C17H15N3O/c1-11-9-10-14(16(18)19)17(20-11)21-15-8-4-6-12-5-2-3-7-13(12)15/h2-10H,1H3,(H3,18,19). The van der Waals surface area contributed by atoms with Gasteiger partial charge in [-0.2, -0.15) is 0 Å². The highest BCUT2D eigenvalue weighted by atomic mass is 16.5. The van der Waals surface area contributed by atoms with Crippen LogP contribution in [0, 0.1) is 12.3 Å². The normalized spacial score (nSPS) is 10.5. The Kier molecular flexibility index (Phi) is 3.28. The van der Waals surface area contributed by atoms with Gasteiger partial charge in [-0.15, -0.1) is 0 Å². The van der Waals surface area contributed by atoms with Gasteiger partial charge in [0.15, 0.2) is 0 Å². The van der Waals surface area contributed by atoms with Crippen molar-refractivity contribution < 1.29 is 4.74 Å². The molecule has 0 aliphatic carbocycles. The predicted octanol–water partition coefficient (Wildman–Crippen LogP) is 3.62. The van der Waals surface area contributed by atoms with Gasteiger partial charge in [0, 0.05) is 11.1 Å². The molecule has 0 spiro atoms. The summed E-state index contributed by atoms with van der Waals surface area (Å²) in [4.78, 5) is 4.35. The third-order valence-corrected chi connectivity index (χ3v) is 3.25. The number of hydrogen-bond acceptors (Lipinski definition) is 3. The molecule has 0 radical (unpaired) electrons. The molecule has 0 atom stereocenters. The van der Waals surface area contributed by atoms with E-state index in [1.54, 1.807) is 6.07 Å². The summed E-state index contributed by atoms with van der Waals surface area (Å²) in [5, 5.41) is 9.72. The average Bonchev–Trinajstić information content (AvgIpc) is 2.47. The molecule has 0 saturated heterocycles. The quantitative estimate of drug-likeness (QED) is 0.567. The first kappa shape index (κ1) is 13.1. The summed E-state index contributed by atoms with van der Waals surface area (Å²) < 4.78 is 5.93. The minimum atomic E-state index is -0.0577. The molecule has 104 valence electrons. The van der Waals surface area contributed by atoms with Crippen LogP contribution in [0.2, 0.25) is 0 Å². The highest BCUT2D eigenvalue weighted by molar-refractivity contribution is 5.97. The fourth-order valence-electron chi connectivity index (χ4n) is 2.20. The summed E-state index contributed by atoms with van der Waals surface area (Å²) in [7, 11) is 0. The fourth-order valence-corrected chi connectivity index (χ4v) is 2.20. The van der Waals surface area contributed by atoms with Gasteiger partial charge >= 0.3 is 0 Å². The minimum absolute atomic E-state index is 0.0577. The van der Waals surface area contributed by atoms with Crippen molar-refractivity contribution in [3.05, 3.63) is 65.9 Å². The number of ether oxygens (including phenoxy) is 1. The van der Waals surface area contributed by atoms with E-state index in [1.165, 1.54) is 0 Å². The Morgan fingerprint density at radius 3 is 2.62 bits per heavy atom. The van der Waals surface area contributed by atoms with E-state index in [-0.39, 0.29) is 5.84 Å². The van der Waals surface area contributed by atoms with E-state index in [0.717, 1.165) is 16.5 Å². The Morgan fingerprint density at radius 1 is 1.05 bits per heavy atom. The zero-order valence-electron chi connectivity index (χ0n) is 11.6. The second kappa shape index (κ2) is 5.25. The maximum Gasteiger partial charge on any atom is 0.230 e. The van der Waals surface area contributed by atoms with Crippen molar-refractivity contribution >= 4 is 16.6 Å². The molecular weight excluding hydrogens is 262 g/mol. The third-order valence-electron chi connectivity index (χ3n) is 3.25. The third kappa shape index (κ3) is 2.56. The molecule has 2 aromatic carbocycles. The van der Waals surface area contributed by atoms with Crippen LogP contribution < -0.4 is 10.5 Å². The van der Waals surface area contributed by atoms with Crippen LogP contribution in [0.5, 0.6) is 11.6 Å². The Balaban J connectivity index is 2.11. The van der Waals surface area contributed by atoms with Crippen molar-refractivity contribution in [3.63, 3.8) is 0 Å². The lowest BCUT2D eigenvalue weighted by Crippen LogP contribution is -2.13. The van der Waals surface area contributed by atoms with Crippen LogP contribution in [-0.2, 0) is 0 Å². The Morgan fingerprint density at radius 2 is 1.81 bits per heavy atom. The van der Waals surface area contributed by atoms with Crippen molar-refractivity contribution in [3.8, 4) is 11.6 Å². The number of aryl methyl sites for hydroxylation is 1. The van der Waals surface area contributed by atoms with Crippen molar-refractivity contribution in [1.82, 2.24) is 4.98 Å². The smallest absolute Gasteiger partial charge is 0.230 e. The van der Waals surface area contributed by atoms with Crippen LogP contribution in [0.15, 0.2) is 54.6 Å². The van der Waals surface area contributed by atoms with Crippen LogP contribution in [0.3, 0.4) is 0 Å². The monoisotopic (exact) mass is 277 g/mol. The van der Waals surface area contributed by atoms with Crippen molar-refractivity contribution in [2.75, 3.05) is 0 Å². The van der Waals surface area contributed by atoms with Gasteiger partial charge < -0.3 is 10.5 Å². The summed E-state index contributed by atoms with van der Waals surface area (Å²) in [6.07, 6.45) is 0. The van der Waals surface area contributed by atoms with E-state index in [0.29, 0.717) is 17.2 Å². The number of rotatable bonds is 3. The van der Waals surface area contributed by atoms with Crippen molar-refractivity contribution in [1.29, 1.82) is 5.41 Å². The summed E-state index contributed by atoms with van der Waals surface area (Å²) in [5.41, 5.74) is 6.90. The molecule has 4 nitrogen and oxygen atoms in total. The highest BCUT2D eigenvalue weighted by Gasteiger charge is 2.11. The van der Waals surface area contributed by atoms with Gasteiger partial charge in [-0.05, 0) is 30.5 Å². The number of nitrogens with two attached hydrogens (primary N) is 1. The highest BCUT2D eigenvalue weighted by Crippen LogP contribution is 2.30. The first-order chi connectivity index (χ1) is 10.1. The van der Waals surface area contributed by atoms with E-state index < -0.39 is 0 Å². The molecule has 21 heavy (non-hydrogen) atoms. The second-order valence-electron chi connectivity index (χ2n) is 4.80. The molecule has 0 bridgehead atoms. The maximum absolute atomic E-state index is 7.63. The van der Waals surface area contributed by atoms with Crippen molar-refractivity contribution in [2.45, 2.75) is 6.92 Å². The zero-order chi connectivity index (χ0) is 14.8. The SMILES string of the molecule is Cc1ccc(C(=N)N)c(Oc2cccc3ccccc23)n1. The van der Waals surface area contributed by atoms with Gasteiger partial charge in [-0.3, -0.25) is 5.41 Å². The topological polar surface area (TPSA) is 72.0 Å². The van der Waals surface area contributed by atoms with Crippen molar-refractivity contribution in [2.24, 2.45) is 5.73 Å². The Bertz CT molecular complexity index is 822.